The van der Waals surface area contributed by atoms with Gasteiger partial charge < -0.3 is 19.5 Å². The molecule has 0 amide bonds. The second-order valence-electron chi connectivity index (χ2n) is 4.67. The molecule has 0 fully saturated rings. The molecule has 0 heterocycles. The maximum absolute atomic E-state index is 5.53. The van der Waals surface area contributed by atoms with Gasteiger partial charge >= 0.3 is 0 Å². The zero-order valence-corrected chi connectivity index (χ0v) is 11.2. The molecule has 0 radical (unpaired) electrons. The Bertz CT molecular complexity index is 146. The van der Waals surface area contributed by atoms with Crippen molar-refractivity contribution in [3.8, 4) is 0 Å². The molecule has 0 atom stereocenters. The average Bonchev–Trinajstić information content (AvgIpc) is 2.19. The molecule has 1 N–H and O–H groups in total. The van der Waals surface area contributed by atoms with Crippen LogP contribution in [0.25, 0.3) is 0 Å². The van der Waals surface area contributed by atoms with E-state index in [0.717, 1.165) is 32.7 Å². The van der Waals surface area contributed by atoms with Crippen LogP contribution in [0.1, 0.15) is 27.2 Å². The summed E-state index contributed by atoms with van der Waals surface area (Å²) in [5.41, 5.74) is -0.0644. The normalized spacial score (nSPS) is 12.0. The summed E-state index contributed by atoms with van der Waals surface area (Å²) in [6.45, 7) is 10.9. The Morgan fingerprint density at radius 1 is 0.938 bits per heavy atom. The molecule has 0 saturated heterocycles. The van der Waals surface area contributed by atoms with Crippen LogP contribution >= 0.6 is 0 Å². The van der Waals surface area contributed by atoms with Crippen LogP contribution in [0.15, 0.2) is 0 Å². The molecule has 0 spiro atoms. The maximum atomic E-state index is 5.53. The molecule has 0 bridgehead atoms. The summed E-state index contributed by atoms with van der Waals surface area (Å²) >= 11 is 0. The monoisotopic (exact) mass is 233 g/mol. The summed E-state index contributed by atoms with van der Waals surface area (Å²) in [6.07, 6.45) is 1.03. The molecule has 0 saturated carbocycles. The highest BCUT2D eigenvalue weighted by molar-refractivity contribution is 4.57. The summed E-state index contributed by atoms with van der Waals surface area (Å²) in [5, 5.41) is 3.27. The molecule has 4 nitrogen and oxygen atoms in total. The first kappa shape index (κ1) is 15.8. The van der Waals surface area contributed by atoms with Gasteiger partial charge in [0.15, 0.2) is 0 Å². The minimum Gasteiger partial charge on any atom is -0.383 e. The highest BCUT2D eigenvalue weighted by Crippen LogP contribution is 2.05. The predicted octanol–water partition coefficient (Wildman–Crippen LogP) is 1.44. The third-order valence-electron chi connectivity index (χ3n) is 1.89. The highest BCUT2D eigenvalue weighted by Gasteiger charge is 2.08. The van der Waals surface area contributed by atoms with Crippen molar-refractivity contribution in [3.63, 3.8) is 0 Å². The predicted molar refractivity (Wildman–Crippen MR) is 65.9 cm³/mol. The maximum Gasteiger partial charge on any atom is 0.0707 e. The first-order chi connectivity index (χ1) is 7.56. The Hall–Kier alpha value is -0.160. The Kier molecular flexibility index (Phi) is 9.92. The number of rotatable bonds is 10. The summed E-state index contributed by atoms with van der Waals surface area (Å²) in [7, 11) is 1.71. The van der Waals surface area contributed by atoms with E-state index in [0.29, 0.717) is 13.2 Å². The Balaban J connectivity index is 2.99. The van der Waals surface area contributed by atoms with Crippen LogP contribution < -0.4 is 5.32 Å². The van der Waals surface area contributed by atoms with Crippen molar-refractivity contribution < 1.29 is 14.2 Å². The standard InChI is InChI=1S/C12H27NO3/c1-12(2,3)16-11-10-15-8-5-6-13-7-9-14-4/h13H,5-11H2,1-4H3. The molecule has 0 aromatic rings. The van der Waals surface area contributed by atoms with Crippen molar-refractivity contribution in [1.82, 2.24) is 5.32 Å². The lowest BCUT2D eigenvalue weighted by Crippen LogP contribution is -2.23. The molecule has 98 valence electrons. The fourth-order valence-electron chi connectivity index (χ4n) is 1.11. The topological polar surface area (TPSA) is 39.7 Å². The first-order valence-corrected chi connectivity index (χ1v) is 5.97. The van der Waals surface area contributed by atoms with Gasteiger partial charge in [0.1, 0.15) is 0 Å². The molecule has 16 heavy (non-hydrogen) atoms. The van der Waals surface area contributed by atoms with Gasteiger partial charge in [-0.25, -0.2) is 0 Å². The van der Waals surface area contributed by atoms with Gasteiger partial charge in [-0.05, 0) is 33.7 Å². The lowest BCUT2D eigenvalue weighted by Gasteiger charge is -2.19. The number of methoxy groups -OCH3 is 1. The van der Waals surface area contributed by atoms with Crippen LogP contribution in [-0.2, 0) is 14.2 Å². The van der Waals surface area contributed by atoms with Crippen molar-refractivity contribution >= 4 is 0 Å². The highest BCUT2D eigenvalue weighted by atomic mass is 16.5. The third-order valence-corrected chi connectivity index (χ3v) is 1.89. The van der Waals surface area contributed by atoms with Crippen LogP contribution in [0, 0.1) is 0 Å². The van der Waals surface area contributed by atoms with Crippen molar-refractivity contribution in [2.45, 2.75) is 32.8 Å². The van der Waals surface area contributed by atoms with E-state index in [1.165, 1.54) is 0 Å². The minimum atomic E-state index is -0.0644. The summed E-state index contributed by atoms with van der Waals surface area (Å²) in [5.74, 6) is 0. The smallest absolute Gasteiger partial charge is 0.0707 e. The molecule has 0 aliphatic heterocycles. The first-order valence-electron chi connectivity index (χ1n) is 5.97. The van der Waals surface area contributed by atoms with Crippen LogP contribution in [0.5, 0.6) is 0 Å². The number of hydrogen-bond acceptors (Lipinski definition) is 4. The molecular weight excluding hydrogens is 206 g/mol. The van der Waals surface area contributed by atoms with E-state index in [4.69, 9.17) is 14.2 Å². The summed E-state index contributed by atoms with van der Waals surface area (Å²) in [6, 6.07) is 0. The van der Waals surface area contributed by atoms with E-state index in [1.54, 1.807) is 7.11 Å². The molecule has 0 aliphatic rings. The molecule has 4 heteroatoms. The van der Waals surface area contributed by atoms with Gasteiger partial charge in [0.25, 0.3) is 0 Å². The van der Waals surface area contributed by atoms with Gasteiger partial charge in [0.2, 0.25) is 0 Å². The Morgan fingerprint density at radius 3 is 2.31 bits per heavy atom. The average molecular weight is 233 g/mol. The second-order valence-corrected chi connectivity index (χ2v) is 4.67. The lowest BCUT2D eigenvalue weighted by molar-refractivity contribution is -0.0349. The SMILES string of the molecule is COCCNCCCOCCOC(C)(C)C. The lowest BCUT2D eigenvalue weighted by atomic mass is 10.2. The van der Waals surface area contributed by atoms with Gasteiger partial charge in [-0.3, -0.25) is 0 Å². The van der Waals surface area contributed by atoms with Crippen LogP contribution in [-0.4, -0.2) is 52.2 Å². The van der Waals surface area contributed by atoms with Crippen molar-refractivity contribution in [1.29, 1.82) is 0 Å². The molecular formula is C12H27NO3. The molecule has 0 aromatic carbocycles. The zero-order chi connectivity index (χ0) is 12.3. The summed E-state index contributed by atoms with van der Waals surface area (Å²) < 4.78 is 15.9. The van der Waals surface area contributed by atoms with E-state index in [1.807, 2.05) is 20.8 Å². The number of ether oxygens (including phenoxy) is 3. The van der Waals surface area contributed by atoms with Crippen LogP contribution in [0.3, 0.4) is 0 Å². The van der Waals surface area contributed by atoms with Gasteiger partial charge in [-0.2, -0.15) is 0 Å². The van der Waals surface area contributed by atoms with E-state index in [2.05, 4.69) is 5.32 Å². The fourth-order valence-corrected chi connectivity index (χ4v) is 1.11. The van der Waals surface area contributed by atoms with E-state index in [9.17, 15) is 0 Å². The van der Waals surface area contributed by atoms with Crippen LogP contribution in [0.2, 0.25) is 0 Å². The Morgan fingerprint density at radius 2 is 1.69 bits per heavy atom. The molecule has 0 unspecified atom stereocenters. The molecule has 0 aromatic heterocycles. The number of hydrogen-bond donors (Lipinski definition) is 1. The van der Waals surface area contributed by atoms with Gasteiger partial charge in [-0.1, -0.05) is 0 Å². The number of nitrogens with one attached hydrogen (secondary N) is 1. The van der Waals surface area contributed by atoms with Gasteiger partial charge in [0, 0.05) is 20.3 Å². The Labute approximate surface area is 99.6 Å². The quantitative estimate of drug-likeness (QED) is 0.580. The minimum absolute atomic E-state index is 0.0644. The zero-order valence-electron chi connectivity index (χ0n) is 11.2. The van der Waals surface area contributed by atoms with Crippen molar-refractivity contribution in [2.24, 2.45) is 0 Å². The molecule has 0 aliphatic carbocycles. The fraction of sp³-hybridized carbons (Fsp3) is 1.00. The summed E-state index contributed by atoms with van der Waals surface area (Å²) in [4.78, 5) is 0. The van der Waals surface area contributed by atoms with Gasteiger partial charge in [-0.15, -0.1) is 0 Å². The second kappa shape index (κ2) is 10.0. The van der Waals surface area contributed by atoms with E-state index in [-0.39, 0.29) is 5.60 Å². The van der Waals surface area contributed by atoms with Crippen LogP contribution in [0.4, 0.5) is 0 Å². The van der Waals surface area contributed by atoms with E-state index >= 15 is 0 Å². The third kappa shape index (κ3) is 13.8. The molecule has 0 rings (SSSR count). The van der Waals surface area contributed by atoms with Gasteiger partial charge in [0.05, 0.1) is 25.4 Å². The van der Waals surface area contributed by atoms with Crippen molar-refractivity contribution in [2.75, 3.05) is 46.6 Å². The van der Waals surface area contributed by atoms with Crippen molar-refractivity contribution in [3.05, 3.63) is 0 Å². The van der Waals surface area contributed by atoms with E-state index < -0.39 is 0 Å². The largest absolute Gasteiger partial charge is 0.383 e.